The van der Waals surface area contributed by atoms with Gasteiger partial charge in [0.2, 0.25) is 0 Å². The van der Waals surface area contributed by atoms with Crippen LogP contribution in [0.2, 0.25) is 0 Å². The van der Waals surface area contributed by atoms with Crippen LogP contribution in [0, 0.1) is 11.3 Å². The number of rotatable bonds is 4. The summed E-state index contributed by atoms with van der Waals surface area (Å²) < 4.78 is 22.5. The van der Waals surface area contributed by atoms with Crippen molar-refractivity contribution in [2.45, 2.75) is 19.3 Å². The highest BCUT2D eigenvalue weighted by Crippen LogP contribution is 2.25. The minimum absolute atomic E-state index is 0.116. The van der Waals surface area contributed by atoms with Crippen LogP contribution in [0.4, 0.5) is 4.39 Å². The Bertz CT molecular complexity index is 379. The monoisotopic (exact) mass is 225 g/mol. The molecule has 1 rings (SSSR count). The number of carbonyl (C=O) groups is 1. The van der Waals surface area contributed by atoms with Gasteiger partial charge in [-0.25, -0.2) is 4.39 Å². The lowest BCUT2D eigenvalue weighted by molar-refractivity contribution is -0.141. The molecule has 0 heterocycles. The molecule has 0 saturated carbocycles. The molecule has 0 unspecified atom stereocenters. The molecule has 16 heavy (non-hydrogen) atoms. The summed E-state index contributed by atoms with van der Waals surface area (Å²) in [5.74, 6) is -0.263. The Hall–Kier alpha value is -1.83. The summed E-state index contributed by atoms with van der Waals surface area (Å²) in [6.45, 7) is 0.142. The van der Waals surface area contributed by atoms with Crippen LogP contribution >= 0.6 is 0 Å². The zero-order valence-electron chi connectivity index (χ0n) is 8.96. The molecule has 1 aliphatic carbocycles. The Labute approximate surface area is 93.0 Å². The molecule has 0 N–H and O–H groups in total. The second-order valence-corrected chi connectivity index (χ2v) is 3.21. The Balaban J connectivity index is 2.53. The highest BCUT2D eigenvalue weighted by atomic mass is 19.1. The highest BCUT2D eigenvalue weighted by molar-refractivity contribution is 5.69. The molecule has 0 aromatic carbocycles. The smallest absolute Gasteiger partial charge is 0.308 e. The van der Waals surface area contributed by atoms with Crippen LogP contribution in [0.3, 0.4) is 0 Å². The third-order valence-electron chi connectivity index (χ3n) is 2.12. The maximum atomic E-state index is 12.8. The van der Waals surface area contributed by atoms with Gasteiger partial charge in [-0.2, -0.15) is 5.26 Å². The van der Waals surface area contributed by atoms with E-state index >= 15 is 0 Å². The van der Waals surface area contributed by atoms with Crippen LogP contribution in [0.15, 0.2) is 23.2 Å². The van der Waals surface area contributed by atoms with Gasteiger partial charge >= 0.3 is 5.97 Å². The van der Waals surface area contributed by atoms with Gasteiger partial charge in [0, 0.05) is 12.8 Å². The van der Waals surface area contributed by atoms with Crippen molar-refractivity contribution in [3.05, 3.63) is 23.2 Å². The molecule has 0 spiro atoms. The van der Waals surface area contributed by atoms with Crippen molar-refractivity contribution < 1.29 is 18.7 Å². The van der Waals surface area contributed by atoms with E-state index in [0.29, 0.717) is 12.2 Å². The fourth-order valence-corrected chi connectivity index (χ4v) is 1.28. The van der Waals surface area contributed by atoms with Crippen molar-refractivity contribution >= 4 is 5.97 Å². The Morgan fingerprint density at radius 1 is 1.62 bits per heavy atom. The molecule has 86 valence electrons. The summed E-state index contributed by atoms with van der Waals surface area (Å²) >= 11 is 0. The van der Waals surface area contributed by atoms with Gasteiger partial charge in [0.15, 0.2) is 0 Å². The minimum atomic E-state index is -0.378. The van der Waals surface area contributed by atoms with E-state index in [0.717, 1.165) is 6.08 Å². The van der Waals surface area contributed by atoms with Crippen LogP contribution in [0.25, 0.3) is 0 Å². The second-order valence-electron chi connectivity index (χ2n) is 3.21. The molecular formula is C11H12FNO3. The highest BCUT2D eigenvalue weighted by Gasteiger charge is 2.14. The Morgan fingerprint density at radius 2 is 2.38 bits per heavy atom. The van der Waals surface area contributed by atoms with Gasteiger partial charge in [-0.05, 0) is 6.08 Å². The standard InChI is InChI=1S/C11H12FNO3/c1-15-11(14)4-5-16-10-3-2-9(12)6-8(10)7-13/h6H,2-5H2,1H3. The van der Waals surface area contributed by atoms with Gasteiger partial charge in [0.1, 0.15) is 17.7 Å². The van der Waals surface area contributed by atoms with E-state index in [-0.39, 0.29) is 36.8 Å². The van der Waals surface area contributed by atoms with Crippen molar-refractivity contribution in [1.82, 2.24) is 0 Å². The molecule has 0 bridgehead atoms. The summed E-state index contributed by atoms with van der Waals surface area (Å²) in [7, 11) is 1.29. The lowest BCUT2D eigenvalue weighted by Gasteiger charge is -2.14. The quantitative estimate of drug-likeness (QED) is 0.686. The van der Waals surface area contributed by atoms with Gasteiger partial charge in [-0.3, -0.25) is 4.79 Å². The topological polar surface area (TPSA) is 59.3 Å². The third-order valence-corrected chi connectivity index (χ3v) is 2.12. The van der Waals surface area contributed by atoms with E-state index in [2.05, 4.69) is 4.74 Å². The normalized spacial score (nSPS) is 15.2. The number of methoxy groups -OCH3 is 1. The molecule has 0 aromatic rings. The molecule has 0 amide bonds. The largest absolute Gasteiger partial charge is 0.496 e. The maximum absolute atomic E-state index is 12.8. The maximum Gasteiger partial charge on any atom is 0.308 e. The number of carbonyl (C=O) groups excluding carboxylic acids is 1. The third kappa shape index (κ3) is 3.39. The fraction of sp³-hybridized carbons (Fsp3) is 0.455. The van der Waals surface area contributed by atoms with E-state index in [1.807, 2.05) is 6.07 Å². The minimum Gasteiger partial charge on any atom is -0.496 e. The van der Waals surface area contributed by atoms with E-state index in [1.54, 1.807) is 0 Å². The number of allylic oxidation sites excluding steroid dienone is 4. The first-order valence-electron chi connectivity index (χ1n) is 4.86. The van der Waals surface area contributed by atoms with Crippen LogP contribution < -0.4 is 0 Å². The molecule has 0 radical (unpaired) electrons. The average Bonchev–Trinajstić information content (AvgIpc) is 2.30. The average molecular weight is 225 g/mol. The van der Waals surface area contributed by atoms with E-state index in [4.69, 9.17) is 10.00 Å². The number of nitriles is 1. The van der Waals surface area contributed by atoms with Gasteiger partial charge < -0.3 is 9.47 Å². The van der Waals surface area contributed by atoms with Crippen molar-refractivity contribution in [2.75, 3.05) is 13.7 Å². The number of ether oxygens (including phenoxy) is 2. The van der Waals surface area contributed by atoms with Crippen LogP contribution in [0.5, 0.6) is 0 Å². The Morgan fingerprint density at radius 3 is 3.00 bits per heavy atom. The fourth-order valence-electron chi connectivity index (χ4n) is 1.28. The summed E-state index contributed by atoms with van der Waals surface area (Å²) in [6, 6.07) is 1.86. The number of halogens is 1. The number of esters is 1. The van der Waals surface area contributed by atoms with Crippen molar-refractivity contribution in [3.63, 3.8) is 0 Å². The van der Waals surface area contributed by atoms with Crippen molar-refractivity contribution in [3.8, 4) is 6.07 Å². The SMILES string of the molecule is COC(=O)CCOC1=C(C#N)C=C(F)CC1. The summed E-state index contributed by atoms with van der Waals surface area (Å²) in [5.41, 5.74) is 0.189. The van der Waals surface area contributed by atoms with Gasteiger partial charge in [-0.1, -0.05) is 0 Å². The number of nitrogens with zero attached hydrogens (tertiary/aromatic N) is 1. The summed E-state index contributed by atoms with van der Waals surface area (Å²) in [4.78, 5) is 10.8. The van der Waals surface area contributed by atoms with E-state index in [9.17, 15) is 9.18 Å². The first-order valence-corrected chi connectivity index (χ1v) is 4.86. The number of hydrogen-bond donors (Lipinski definition) is 0. The molecule has 0 aliphatic heterocycles. The van der Waals surface area contributed by atoms with Crippen LogP contribution in [0.1, 0.15) is 19.3 Å². The van der Waals surface area contributed by atoms with Crippen molar-refractivity contribution in [1.29, 1.82) is 5.26 Å². The van der Waals surface area contributed by atoms with Crippen molar-refractivity contribution in [2.24, 2.45) is 0 Å². The first kappa shape index (κ1) is 12.2. The van der Waals surface area contributed by atoms with Crippen LogP contribution in [-0.4, -0.2) is 19.7 Å². The molecule has 0 saturated heterocycles. The molecule has 4 nitrogen and oxygen atoms in total. The molecule has 0 fully saturated rings. The molecule has 5 heteroatoms. The van der Waals surface area contributed by atoms with E-state index < -0.39 is 0 Å². The van der Waals surface area contributed by atoms with E-state index in [1.165, 1.54) is 7.11 Å². The first-order chi connectivity index (χ1) is 7.67. The zero-order valence-corrected chi connectivity index (χ0v) is 8.96. The van der Waals surface area contributed by atoms with Gasteiger partial charge in [0.05, 0.1) is 25.7 Å². The van der Waals surface area contributed by atoms with Crippen LogP contribution in [-0.2, 0) is 14.3 Å². The Kier molecular flexibility index (Phi) is 4.52. The second kappa shape index (κ2) is 5.91. The predicted molar refractivity (Wildman–Crippen MR) is 53.6 cm³/mol. The lowest BCUT2D eigenvalue weighted by Crippen LogP contribution is -2.08. The van der Waals surface area contributed by atoms with Gasteiger partial charge in [-0.15, -0.1) is 0 Å². The number of hydrogen-bond acceptors (Lipinski definition) is 4. The zero-order chi connectivity index (χ0) is 12.0. The predicted octanol–water partition coefficient (Wildman–Crippen LogP) is 1.99. The van der Waals surface area contributed by atoms with Gasteiger partial charge in [0.25, 0.3) is 0 Å². The molecule has 0 atom stereocenters. The lowest BCUT2D eigenvalue weighted by atomic mass is 10.1. The molecular weight excluding hydrogens is 213 g/mol. The summed E-state index contributed by atoms with van der Waals surface area (Å²) in [6.07, 6.45) is 1.87. The molecule has 0 aromatic heterocycles. The summed E-state index contributed by atoms with van der Waals surface area (Å²) in [5, 5.41) is 8.74. The molecule has 1 aliphatic rings.